The van der Waals surface area contributed by atoms with Gasteiger partial charge in [-0.25, -0.2) is 9.59 Å². The van der Waals surface area contributed by atoms with E-state index in [9.17, 15) is 19.8 Å². The van der Waals surface area contributed by atoms with Gasteiger partial charge in [0.1, 0.15) is 0 Å². The highest BCUT2D eigenvalue weighted by Crippen LogP contribution is 2.46. The molecular formula is C16H14O4S2. The first-order valence-corrected chi connectivity index (χ1v) is 9.02. The number of carboxylic acids is 2. The number of rotatable bonds is 5. The molecule has 4 nitrogen and oxygen atoms in total. The molecule has 0 heterocycles. The van der Waals surface area contributed by atoms with Crippen molar-refractivity contribution in [3.63, 3.8) is 0 Å². The fourth-order valence-electron chi connectivity index (χ4n) is 1.85. The van der Waals surface area contributed by atoms with Crippen molar-refractivity contribution in [3.8, 4) is 0 Å². The van der Waals surface area contributed by atoms with Crippen LogP contribution in [0.15, 0.2) is 58.3 Å². The predicted octanol–water partition coefficient (Wildman–Crippen LogP) is 4.24. The molecule has 0 radical (unpaired) electrons. The molecule has 0 saturated carbocycles. The Morgan fingerprint density at radius 2 is 1.50 bits per heavy atom. The Balaban J connectivity index is 2.44. The first kappa shape index (κ1) is 16.3. The van der Waals surface area contributed by atoms with Crippen molar-refractivity contribution in [1.82, 2.24) is 0 Å². The zero-order chi connectivity index (χ0) is 16.1. The molecular weight excluding hydrogens is 320 g/mol. The van der Waals surface area contributed by atoms with E-state index in [-0.39, 0.29) is 11.1 Å². The largest absolute Gasteiger partial charge is 0.478 e. The summed E-state index contributed by atoms with van der Waals surface area (Å²) in [6, 6.07) is 13.5. The minimum Gasteiger partial charge on any atom is -0.478 e. The van der Waals surface area contributed by atoms with E-state index >= 15 is 0 Å². The summed E-state index contributed by atoms with van der Waals surface area (Å²) in [5.74, 6) is -1.98. The van der Waals surface area contributed by atoms with E-state index in [1.807, 2.05) is 12.3 Å². The van der Waals surface area contributed by atoms with Gasteiger partial charge in [0.2, 0.25) is 0 Å². The maximum Gasteiger partial charge on any atom is 0.336 e. The normalized spacial score (nSPS) is 12.0. The lowest BCUT2D eigenvalue weighted by Crippen LogP contribution is -2.00. The van der Waals surface area contributed by atoms with Crippen LogP contribution in [0.4, 0.5) is 0 Å². The second-order valence-electron chi connectivity index (χ2n) is 4.22. The van der Waals surface area contributed by atoms with Gasteiger partial charge in [-0.1, -0.05) is 44.6 Å². The molecule has 0 aliphatic heterocycles. The summed E-state index contributed by atoms with van der Waals surface area (Å²) in [6.45, 7) is 1.85. The zero-order valence-corrected chi connectivity index (χ0v) is 13.4. The van der Waals surface area contributed by atoms with E-state index in [1.165, 1.54) is 10.8 Å². The Labute approximate surface area is 134 Å². The third kappa shape index (κ3) is 3.58. The van der Waals surface area contributed by atoms with Crippen molar-refractivity contribution in [1.29, 1.82) is 0 Å². The summed E-state index contributed by atoms with van der Waals surface area (Å²) in [4.78, 5) is 24.0. The van der Waals surface area contributed by atoms with Crippen LogP contribution in [-0.2, 0) is 0 Å². The van der Waals surface area contributed by atoms with Crippen molar-refractivity contribution >= 4 is 37.6 Å². The van der Waals surface area contributed by atoms with Crippen LogP contribution in [0.3, 0.4) is 0 Å². The molecule has 0 aliphatic carbocycles. The van der Waals surface area contributed by atoms with Crippen LogP contribution in [0.2, 0.25) is 0 Å². The molecule has 1 atom stereocenters. The fraction of sp³-hybridized carbons (Fsp3) is 0.0625. The van der Waals surface area contributed by atoms with Gasteiger partial charge in [0.25, 0.3) is 0 Å². The Hall–Kier alpha value is -2.05. The number of carbonyl (C=O) groups is 2. The average molecular weight is 334 g/mol. The van der Waals surface area contributed by atoms with Crippen LogP contribution in [-0.4, -0.2) is 27.5 Å². The smallest absolute Gasteiger partial charge is 0.336 e. The highest BCUT2D eigenvalue weighted by Gasteiger charge is 2.15. The van der Waals surface area contributed by atoms with Gasteiger partial charge in [-0.2, -0.15) is 0 Å². The second kappa shape index (κ2) is 7.29. The lowest BCUT2D eigenvalue weighted by molar-refractivity contribution is 0.0682. The topological polar surface area (TPSA) is 74.6 Å². The maximum absolute atomic E-state index is 11.4. The standard InChI is InChI=1S/C16H14O4S2/c1-2-22(14-10-6-4-8-12(14)16(19)20)21-13-9-5-3-7-11(13)15(17)18/h2-10H,1H3,(H,17,18)(H,19,20). The number of carboxylic acid groups (broad SMARTS) is 2. The first-order valence-electron chi connectivity index (χ1n) is 6.40. The van der Waals surface area contributed by atoms with Crippen molar-refractivity contribution in [2.24, 2.45) is 0 Å². The van der Waals surface area contributed by atoms with Crippen molar-refractivity contribution in [2.75, 3.05) is 0 Å². The first-order chi connectivity index (χ1) is 10.5. The number of hydrogen-bond acceptors (Lipinski definition) is 3. The van der Waals surface area contributed by atoms with E-state index in [2.05, 4.69) is 0 Å². The highest BCUT2D eigenvalue weighted by molar-refractivity contribution is 8.83. The van der Waals surface area contributed by atoms with E-state index in [1.54, 1.807) is 48.5 Å². The van der Waals surface area contributed by atoms with Gasteiger partial charge in [-0.15, -0.1) is 0 Å². The molecule has 0 bridgehead atoms. The molecule has 2 N–H and O–H groups in total. The van der Waals surface area contributed by atoms with Crippen LogP contribution in [0.25, 0.3) is 0 Å². The van der Waals surface area contributed by atoms with Gasteiger partial charge < -0.3 is 10.2 Å². The number of aromatic carboxylic acids is 2. The van der Waals surface area contributed by atoms with Crippen molar-refractivity contribution in [2.45, 2.75) is 16.7 Å². The lowest BCUT2D eigenvalue weighted by Gasteiger charge is -2.12. The van der Waals surface area contributed by atoms with Crippen LogP contribution >= 0.6 is 20.3 Å². The average Bonchev–Trinajstić information content (AvgIpc) is 2.52. The summed E-state index contributed by atoms with van der Waals surface area (Å²) < 4.78 is 0. The Bertz CT molecular complexity index is 753. The minimum atomic E-state index is -0.991. The lowest BCUT2D eigenvalue weighted by atomic mass is 10.2. The van der Waals surface area contributed by atoms with E-state index in [4.69, 9.17) is 0 Å². The van der Waals surface area contributed by atoms with E-state index in [0.717, 1.165) is 0 Å². The molecule has 0 saturated heterocycles. The third-order valence-corrected chi connectivity index (χ3v) is 6.97. The minimum absolute atomic E-state index is 0.222. The molecule has 22 heavy (non-hydrogen) atoms. The molecule has 0 amide bonds. The molecule has 114 valence electrons. The second-order valence-corrected chi connectivity index (χ2v) is 7.91. The number of hydrogen-bond donors (Lipinski definition) is 2. The Kier molecular flexibility index (Phi) is 5.41. The number of benzene rings is 2. The van der Waals surface area contributed by atoms with Crippen molar-refractivity contribution in [3.05, 3.63) is 59.7 Å². The summed E-state index contributed by atoms with van der Waals surface area (Å²) >= 11 is 0. The van der Waals surface area contributed by atoms with Crippen molar-refractivity contribution < 1.29 is 19.8 Å². The fourth-order valence-corrected chi connectivity index (χ4v) is 5.46. The predicted molar refractivity (Wildman–Crippen MR) is 90.3 cm³/mol. The Morgan fingerprint density at radius 3 is 2.09 bits per heavy atom. The summed E-state index contributed by atoms with van der Waals surface area (Å²) in [5.41, 5.74) is 0.462. The van der Waals surface area contributed by atoms with Gasteiger partial charge in [0.15, 0.2) is 0 Å². The van der Waals surface area contributed by atoms with Gasteiger partial charge in [-0.05, 0) is 36.6 Å². The SMILES string of the molecule is CC=S(Sc1ccccc1C(=O)O)c1ccccc1C(=O)O. The van der Waals surface area contributed by atoms with Gasteiger partial charge in [0.05, 0.1) is 11.1 Å². The summed E-state index contributed by atoms with van der Waals surface area (Å²) in [7, 11) is 0.799. The molecule has 0 fully saturated rings. The molecule has 1 unspecified atom stereocenters. The van der Waals surface area contributed by atoms with Crippen LogP contribution in [0.1, 0.15) is 27.6 Å². The third-order valence-electron chi connectivity index (χ3n) is 2.85. The van der Waals surface area contributed by atoms with Gasteiger partial charge in [-0.3, -0.25) is 0 Å². The van der Waals surface area contributed by atoms with Gasteiger partial charge >= 0.3 is 11.9 Å². The van der Waals surface area contributed by atoms with E-state index in [0.29, 0.717) is 9.79 Å². The molecule has 2 aromatic rings. The monoisotopic (exact) mass is 334 g/mol. The molecule has 2 rings (SSSR count). The molecule has 6 heteroatoms. The van der Waals surface area contributed by atoms with Crippen LogP contribution < -0.4 is 0 Å². The van der Waals surface area contributed by atoms with E-state index < -0.39 is 21.5 Å². The van der Waals surface area contributed by atoms with Crippen LogP contribution in [0.5, 0.6) is 0 Å². The summed E-state index contributed by atoms with van der Waals surface area (Å²) in [6.07, 6.45) is 0. The summed E-state index contributed by atoms with van der Waals surface area (Å²) in [5, 5.41) is 20.5. The van der Waals surface area contributed by atoms with Crippen LogP contribution in [0, 0.1) is 0 Å². The maximum atomic E-state index is 11.4. The molecule has 0 aromatic heterocycles. The molecule has 0 spiro atoms. The molecule has 0 aliphatic rings. The molecule has 2 aromatic carbocycles. The quantitative estimate of drug-likeness (QED) is 0.632. The zero-order valence-electron chi connectivity index (χ0n) is 11.7. The Morgan fingerprint density at radius 1 is 0.955 bits per heavy atom. The van der Waals surface area contributed by atoms with Gasteiger partial charge in [0, 0.05) is 9.79 Å². The highest BCUT2D eigenvalue weighted by atomic mass is 33.1.